The molecular weight excluding hydrogens is 483 g/mol. The highest BCUT2D eigenvalue weighted by atomic mass is 19.2. The molecule has 4 rings (SSSR count). The molecule has 4 aromatic rings. The van der Waals surface area contributed by atoms with Crippen molar-refractivity contribution in [1.82, 2.24) is 0 Å². The lowest BCUT2D eigenvalue weighted by molar-refractivity contribution is 0.305. The third-order valence-electron chi connectivity index (χ3n) is 5.58. The van der Waals surface area contributed by atoms with Crippen molar-refractivity contribution in [3.63, 3.8) is 0 Å². The second-order valence-electron chi connectivity index (χ2n) is 8.31. The van der Waals surface area contributed by atoms with Gasteiger partial charge in [-0.25, -0.2) is 22.0 Å². The second kappa shape index (κ2) is 11.6. The first-order valence-electron chi connectivity index (χ1n) is 11.7. The Morgan fingerprint density at radius 3 is 2.14 bits per heavy atom. The fourth-order valence-corrected chi connectivity index (χ4v) is 3.61. The summed E-state index contributed by atoms with van der Waals surface area (Å²) in [5, 5.41) is 0.483. The number of hydrogen-bond acceptors (Lipinski definition) is 1. The van der Waals surface area contributed by atoms with Gasteiger partial charge in [-0.15, -0.1) is 0 Å². The lowest BCUT2D eigenvalue weighted by atomic mass is 10.1. The Morgan fingerprint density at radius 2 is 1.41 bits per heavy atom. The first kappa shape index (κ1) is 25.8. The van der Waals surface area contributed by atoms with Crippen molar-refractivity contribution in [2.24, 2.45) is 0 Å². The maximum absolute atomic E-state index is 14.6. The number of fused-ring (bicyclic) bond motifs is 1. The molecule has 0 aliphatic rings. The summed E-state index contributed by atoms with van der Waals surface area (Å²) in [6, 6.07) is 13.0. The van der Waals surface area contributed by atoms with Crippen molar-refractivity contribution in [3.8, 4) is 29.4 Å². The van der Waals surface area contributed by atoms with E-state index in [1.165, 1.54) is 36.4 Å². The zero-order chi connectivity index (χ0) is 26.4. The van der Waals surface area contributed by atoms with E-state index >= 15 is 0 Å². The van der Waals surface area contributed by atoms with E-state index in [0.29, 0.717) is 23.3 Å². The van der Waals surface area contributed by atoms with Gasteiger partial charge in [0.2, 0.25) is 0 Å². The monoisotopic (exact) mass is 504 g/mol. The molecule has 0 bridgehead atoms. The van der Waals surface area contributed by atoms with Gasteiger partial charge in [0.05, 0.1) is 17.7 Å². The van der Waals surface area contributed by atoms with Crippen LogP contribution in [0.4, 0.5) is 22.0 Å². The molecule has 6 heteroatoms. The summed E-state index contributed by atoms with van der Waals surface area (Å²) >= 11 is 0. The van der Waals surface area contributed by atoms with Crippen LogP contribution in [0.2, 0.25) is 0 Å². The summed E-state index contributed by atoms with van der Waals surface area (Å²) in [6.07, 6.45) is 2.95. The highest BCUT2D eigenvalue weighted by Gasteiger charge is 2.10. The number of rotatable bonds is 5. The van der Waals surface area contributed by atoms with Crippen molar-refractivity contribution in [2.45, 2.75) is 26.2 Å². The number of unbranched alkanes of at least 4 members (excludes halogenated alkanes) is 2. The van der Waals surface area contributed by atoms with E-state index < -0.39 is 34.6 Å². The van der Waals surface area contributed by atoms with Crippen molar-refractivity contribution in [3.05, 3.63) is 112 Å². The Bertz CT molecular complexity index is 1560. The van der Waals surface area contributed by atoms with Crippen molar-refractivity contribution < 1.29 is 26.7 Å². The zero-order valence-corrected chi connectivity index (χ0v) is 19.9. The van der Waals surface area contributed by atoms with Gasteiger partial charge in [-0.05, 0) is 54.3 Å². The van der Waals surface area contributed by atoms with Crippen LogP contribution in [0.5, 0.6) is 5.75 Å². The van der Waals surface area contributed by atoms with Crippen LogP contribution in [0.3, 0.4) is 0 Å². The van der Waals surface area contributed by atoms with Crippen LogP contribution in [0.15, 0.2) is 60.7 Å². The van der Waals surface area contributed by atoms with Crippen molar-refractivity contribution in [2.75, 3.05) is 6.61 Å². The highest BCUT2D eigenvalue weighted by molar-refractivity contribution is 5.84. The quantitative estimate of drug-likeness (QED) is 0.153. The van der Waals surface area contributed by atoms with E-state index in [9.17, 15) is 22.0 Å². The molecule has 0 aliphatic heterocycles. The SMILES string of the molecule is CCCCCOc1ccc(C#Cc2cc(F)c(C#Cc3ccc4c(F)c(F)ccc4c3)c(F)c2)c(F)c1. The Kier molecular flexibility index (Phi) is 8.11. The summed E-state index contributed by atoms with van der Waals surface area (Å²) in [6.45, 7) is 2.57. The highest BCUT2D eigenvalue weighted by Crippen LogP contribution is 2.22. The summed E-state index contributed by atoms with van der Waals surface area (Å²) < 4.78 is 76.3. The molecule has 4 aromatic carbocycles. The maximum Gasteiger partial charge on any atom is 0.166 e. The molecule has 0 unspecified atom stereocenters. The van der Waals surface area contributed by atoms with E-state index in [1.54, 1.807) is 6.07 Å². The lowest BCUT2D eigenvalue weighted by Gasteiger charge is -2.06. The van der Waals surface area contributed by atoms with E-state index in [1.807, 2.05) is 0 Å². The molecule has 37 heavy (non-hydrogen) atoms. The molecule has 0 saturated heterocycles. The molecule has 0 radical (unpaired) electrons. The molecule has 0 amide bonds. The van der Waals surface area contributed by atoms with Gasteiger partial charge in [0.15, 0.2) is 11.6 Å². The van der Waals surface area contributed by atoms with E-state index in [4.69, 9.17) is 4.74 Å². The molecule has 0 saturated carbocycles. The first-order valence-corrected chi connectivity index (χ1v) is 11.7. The predicted octanol–water partition coefficient (Wildman–Crippen LogP) is 7.90. The third kappa shape index (κ3) is 6.29. The molecule has 0 N–H and O–H groups in total. The smallest absolute Gasteiger partial charge is 0.166 e. The number of ether oxygens (including phenoxy) is 1. The minimum Gasteiger partial charge on any atom is -0.493 e. The van der Waals surface area contributed by atoms with Gasteiger partial charge in [0.25, 0.3) is 0 Å². The van der Waals surface area contributed by atoms with Gasteiger partial charge in [0, 0.05) is 22.6 Å². The average molecular weight is 504 g/mol. The van der Waals surface area contributed by atoms with Gasteiger partial charge in [-0.2, -0.15) is 0 Å². The lowest BCUT2D eigenvalue weighted by Crippen LogP contribution is -1.98. The number of benzene rings is 4. The van der Waals surface area contributed by atoms with Crippen molar-refractivity contribution >= 4 is 10.8 Å². The Labute approximate surface area is 211 Å². The molecule has 186 valence electrons. The fraction of sp³-hybridized carbons (Fsp3) is 0.161. The van der Waals surface area contributed by atoms with Crippen molar-refractivity contribution in [1.29, 1.82) is 0 Å². The molecular formula is C31H21F5O. The van der Waals surface area contributed by atoms with Gasteiger partial charge in [-0.3, -0.25) is 0 Å². The normalized spacial score (nSPS) is 10.4. The Balaban J connectivity index is 1.52. The van der Waals surface area contributed by atoms with Crippen LogP contribution in [0, 0.1) is 52.8 Å². The Morgan fingerprint density at radius 1 is 0.649 bits per heavy atom. The van der Waals surface area contributed by atoms with Crippen LogP contribution in [0.25, 0.3) is 10.8 Å². The van der Waals surface area contributed by atoms with Crippen LogP contribution in [0.1, 0.15) is 48.4 Å². The molecule has 0 atom stereocenters. The summed E-state index contributed by atoms with van der Waals surface area (Å²) in [4.78, 5) is 0. The van der Waals surface area contributed by atoms with E-state index in [0.717, 1.165) is 37.5 Å². The molecule has 0 fully saturated rings. The zero-order valence-electron chi connectivity index (χ0n) is 19.9. The Hall–Kier alpha value is -4.29. The van der Waals surface area contributed by atoms with Gasteiger partial charge in [-0.1, -0.05) is 55.6 Å². The third-order valence-corrected chi connectivity index (χ3v) is 5.58. The van der Waals surface area contributed by atoms with E-state index in [-0.39, 0.29) is 16.5 Å². The fourth-order valence-electron chi connectivity index (χ4n) is 3.61. The standard InChI is InChI=1S/C31H21F5O/c1-2-3-4-15-37-24-11-9-22(28(33)19-24)8-5-21-17-29(34)26(30(35)18-21)13-7-20-6-12-25-23(16-20)10-14-27(32)31(25)36/h6,9-12,14,16-19H,2-4,15H2,1H3. The van der Waals surface area contributed by atoms with Gasteiger partial charge < -0.3 is 4.74 Å². The summed E-state index contributed by atoms with van der Waals surface area (Å²) in [5.41, 5.74) is -0.0117. The molecule has 0 aromatic heterocycles. The number of hydrogen-bond donors (Lipinski definition) is 0. The summed E-state index contributed by atoms with van der Waals surface area (Å²) in [5.74, 6) is 6.22. The summed E-state index contributed by atoms with van der Waals surface area (Å²) in [7, 11) is 0. The predicted molar refractivity (Wildman–Crippen MR) is 134 cm³/mol. The minimum absolute atomic E-state index is 0.0167. The average Bonchev–Trinajstić information content (AvgIpc) is 2.88. The first-order chi connectivity index (χ1) is 17.9. The molecule has 0 heterocycles. The van der Waals surface area contributed by atoms with Crippen LogP contribution in [-0.4, -0.2) is 6.61 Å². The number of halogens is 5. The van der Waals surface area contributed by atoms with Gasteiger partial charge in [0.1, 0.15) is 23.2 Å². The largest absolute Gasteiger partial charge is 0.493 e. The topological polar surface area (TPSA) is 9.23 Å². The maximum atomic E-state index is 14.6. The van der Waals surface area contributed by atoms with Gasteiger partial charge >= 0.3 is 0 Å². The molecule has 1 nitrogen and oxygen atoms in total. The van der Waals surface area contributed by atoms with Crippen LogP contribution < -0.4 is 4.74 Å². The van der Waals surface area contributed by atoms with E-state index in [2.05, 4.69) is 30.6 Å². The van der Waals surface area contributed by atoms with Crippen LogP contribution in [-0.2, 0) is 0 Å². The minimum atomic E-state index is -0.975. The van der Waals surface area contributed by atoms with Crippen LogP contribution >= 0.6 is 0 Å². The molecule has 0 spiro atoms. The molecule has 0 aliphatic carbocycles. The second-order valence-corrected chi connectivity index (χ2v) is 8.31.